The molecule has 5 aromatic rings. The Hall–Kier alpha value is -5.21. The molecule has 39 heavy (non-hydrogen) atoms. The molecular formula is C34H25N5. The summed E-state index contributed by atoms with van der Waals surface area (Å²) in [6.45, 7) is 0. The number of allylic oxidation sites excluding steroid dienone is 3. The third-order valence-electron chi connectivity index (χ3n) is 7.34. The van der Waals surface area contributed by atoms with Gasteiger partial charge in [-0.25, -0.2) is 9.98 Å². The van der Waals surface area contributed by atoms with Gasteiger partial charge in [-0.05, 0) is 54.3 Å². The third-order valence-corrected chi connectivity index (χ3v) is 7.34. The molecule has 0 radical (unpaired) electrons. The molecule has 2 heterocycles. The summed E-state index contributed by atoms with van der Waals surface area (Å²) in [5, 5.41) is 15.3. The number of hydrogen-bond donors (Lipinski definition) is 1. The van der Waals surface area contributed by atoms with Crippen molar-refractivity contribution in [2.75, 3.05) is 0 Å². The van der Waals surface area contributed by atoms with Gasteiger partial charge in [0.05, 0.1) is 22.7 Å². The Morgan fingerprint density at radius 3 is 2.31 bits per heavy atom. The van der Waals surface area contributed by atoms with Gasteiger partial charge in [0.25, 0.3) is 0 Å². The Morgan fingerprint density at radius 1 is 0.769 bits per heavy atom. The molecule has 1 aliphatic carbocycles. The van der Waals surface area contributed by atoms with Crippen molar-refractivity contribution in [3.63, 3.8) is 0 Å². The number of hydrogen-bond acceptors (Lipinski definition) is 4. The lowest BCUT2D eigenvalue weighted by Gasteiger charge is -2.25. The van der Waals surface area contributed by atoms with Gasteiger partial charge in [-0.1, -0.05) is 84.9 Å². The zero-order valence-electron chi connectivity index (χ0n) is 21.3. The maximum Gasteiger partial charge on any atom is 0.169 e. The Bertz CT molecular complexity index is 1880. The molecule has 0 saturated heterocycles. The number of benzene rings is 4. The van der Waals surface area contributed by atoms with Crippen LogP contribution in [0.4, 0.5) is 0 Å². The van der Waals surface area contributed by atoms with Crippen molar-refractivity contribution in [1.82, 2.24) is 9.88 Å². The molecule has 1 atom stereocenters. The molecule has 186 valence electrons. The van der Waals surface area contributed by atoms with E-state index in [0.717, 1.165) is 68.7 Å². The van der Waals surface area contributed by atoms with E-state index in [1.807, 2.05) is 48.5 Å². The van der Waals surface area contributed by atoms with E-state index in [1.165, 1.54) is 0 Å². The lowest BCUT2D eigenvalue weighted by Crippen LogP contribution is -2.36. The van der Waals surface area contributed by atoms with E-state index in [9.17, 15) is 5.26 Å². The molecule has 7 rings (SSSR count). The number of aliphatic imine (C=N–C) groups is 2. The highest BCUT2D eigenvalue weighted by atomic mass is 15.2. The van der Waals surface area contributed by atoms with Crippen LogP contribution in [0.5, 0.6) is 0 Å². The average molecular weight is 504 g/mol. The summed E-state index contributed by atoms with van der Waals surface area (Å²) in [4.78, 5) is 10.1. The highest BCUT2D eigenvalue weighted by Crippen LogP contribution is 2.35. The molecule has 1 aliphatic heterocycles. The monoisotopic (exact) mass is 503 g/mol. The summed E-state index contributed by atoms with van der Waals surface area (Å²) in [7, 11) is 0. The Labute approximate surface area is 226 Å². The van der Waals surface area contributed by atoms with Crippen LogP contribution >= 0.6 is 0 Å². The second kappa shape index (κ2) is 9.59. The van der Waals surface area contributed by atoms with Gasteiger partial charge in [0, 0.05) is 22.0 Å². The van der Waals surface area contributed by atoms with E-state index in [2.05, 4.69) is 82.7 Å². The third kappa shape index (κ3) is 4.13. The van der Waals surface area contributed by atoms with Crippen molar-refractivity contribution in [2.45, 2.75) is 19.0 Å². The number of nitriles is 1. The van der Waals surface area contributed by atoms with Crippen molar-refractivity contribution >= 4 is 39.2 Å². The minimum atomic E-state index is -0.314. The van der Waals surface area contributed by atoms with Gasteiger partial charge >= 0.3 is 0 Å². The normalized spacial score (nSPS) is 17.1. The van der Waals surface area contributed by atoms with Crippen LogP contribution in [0.15, 0.2) is 131 Å². The molecule has 1 N–H and O–H groups in total. The summed E-state index contributed by atoms with van der Waals surface area (Å²) in [5.41, 5.74) is 7.24. The number of para-hydroxylation sites is 1. The SMILES string of the molecule is N#Cc1ccc2c(c1)c1ccccc1n2C1=CCCC(C2=NC(c3ccccc3)N=C(c3ccccc3)N2)=C1. The lowest BCUT2D eigenvalue weighted by atomic mass is 10.0. The van der Waals surface area contributed by atoms with Crippen molar-refractivity contribution in [3.05, 3.63) is 138 Å². The molecule has 0 spiro atoms. The highest BCUT2D eigenvalue weighted by molar-refractivity contribution is 6.17. The molecule has 4 aromatic carbocycles. The van der Waals surface area contributed by atoms with E-state index >= 15 is 0 Å². The summed E-state index contributed by atoms with van der Waals surface area (Å²) in [6.07, 6.45) is 6.01. The maximum atomic E-state index is 9.50. The molecular weight excluding hydrogens is 478 g/mol. The molecule has 0 bridgehead atoms. The maximum absolute atomic E-state index is 9.50. The van der Waals surface area contributed by atoms with Crippen LogP contribution in [0.1, 0.15) is 35.7 Å². The first kappa shape index (κ1) is 22.9. The minimum absolute atomic E-state index is 0.314. The Balaban J connectivity index is 1.34. The van der Waals surface area contributed by atoms with Crippen molar-refractivity contribution in [2.24, 2.45) is 9.98 Å². The molecule has 1 unspecified atom stereocenters. The minimum Gasteiger partial charge on any atom is -0.325 e. The molecule has 2 aliphatic rings. The van der Waals surface area contributed by atoms with Crippen LogP contribution < -0.4 is 5.32 Å². The van der Waals surface area contributed by atoms with Gasteiger partial charge < -0.3 is 9.88 Å². The van der Waals surface area contributed by atoms with E-state index in [-0.39, 0.29) is 6.17 Å². The fraction of sp³-hybridized carbons (Fsp3) is 0.0882. The van der Waals surface area contributed by atoms with Crippen LogP contribution in [0.25, 0.3) is 27.5 Å². The standard InChI is InChI=1S/C34H25N5/c35-22-23-18-19-31-29(20-23)28-16-7-8-17-30(28)39(31)27-15-9-14-26(21-27)34-37-32(24-10-3-1-4-11-24)36-33(38-34)25-12-5-2-6-13-25/h1-8,10-13,15-21,32H,9,14H2,(H,36,37,38). The molecule has 5 heteroatoms. The van der Waals surface area contributed by atoms with E-state index < -0.39 is 0 Å². The summed E-state index contributed by atoms with van der Waals surface area (Å²) >= 11 is 0. The number of amidine groups is 2. The fourth-order valence-electron chi connectivity index (χ4n) is 5.48. The highest BCUT2D eigenvalue weighted by Gasteiger charge is 2.23. The van der Waals surface area contributed by atoms with Gasteiger partial charge in [0.15, 0.2) is 6.17 Å². The number of aromatic nitrogens is 1. The average Bonchev–Trinajstić information content (AvgIpc) is 3.35. The number of fused-ring (bicyclic) bond motifs is 3. The van der Waals surface area contributed by atoms with Gasteiger partial charge in [-0.2, -0.15) is 5.26 Å². The zero-order valence-corrected chi connectivity index (χ0v) is 21.3. The first-order valence-electron chi connectivity index (χ1n) is 13.2. The van der Waals surface area contributed by atoms with Crippen LogP contribution in [-0.4, -0.2) is 16.2 Å². The lowest BCUT2D eigenvalue weighted by molar-refractivity contribution is 0.752. The van der Waals surface area contributed by atoms with Gasteiger partial charge in [0.1, 0.15) is 11.7 Å². The Morgan fingerprint density at radius 2 is 1.49 bits per heavy atom. The molecule has 5 nitrogen and oxygen atoms in total. The van der Waals surface area contributed by atoms with Crippen LogP contribution in [0.2, 0.25) is 0 Å². The number of rotatable bonds is 4. The van der Waals surface area contributed by atoms with Gasteiger partial charge in [0.2, 0.25) is 0 Å². The van der Waals surface area contributed by atoms with Crippen LogP contribution in [0.3, 0.4) is 0 Å². The van der Waals surface area contributed by atoms with E-state index in [0.29, 0.717) is 5.56 Å². The van der Waals surface area contributed by atoms with Gasteiger partial charge in [-0.3, -0.25) is 0 Å². The number of nitrogens with one attached hydrogen (secondary N) is 1. The smallest absolute Gasteiger partial charge is 0.169 e. The Kier molecular flexibility index (Phi) is 5.64. The fourth-order valence-corrected chi connectivity index (χ4v) is 5.48. The first-order valence-corrected chi connectivity index (χ1v) is 13.2. The summed E-state index contributed by atoms with van der Waals surface area (Å²) in [5.74, 6) is 1.68. The molecule has 0 fully saturated rings. The number of nitrogens with zero attached hydrogens (tertiary/aromatic N) is 4. The quantitative estimate of drug-likeness (QED) is 0.278. The van der Waals surface area contributed by atoms with E-state index in [4.69, 9.17) is 9.98 Å². The molecule has 1 aromatic heterocycles. The molecule has 0 amide bonds. The van der Waals surface area contributed by atoms with Crippen LogP contribution in [-0.2, 0) is 0 Å². The predicted octanol–water partition coefficient (Wildman–Crippen LogP) is 7.37. The second-order valence-corrected chi connectivity index (χ2v) is 9.76. The molecule has 0 saturated carbocycles. The summed E-state index contributed by atoms with van der Waals surface area (Å²) in [6, 6.07) is 37.1. The zero-order chi connectivity index (χ0) is 26.2. The van der Waals surface area contributed by atoms with Crippen LogP contribution in [0, 0.1) is 11.3 Å². The summed E-state index contributed by atoms with van der Waals surface area (Å²) < 4.78 is 2.30. The van der Waals surface area contributed by atoms with E-state index in [1.54, 1.807) is 0 Å². The van der Waals surface area contributed by atoms with Gasteiger partial charge in [-0.15, -0.1) is 0 Å². The predicted molar refractivity (Wildman–Crippen MR) is 158 cm³/mol. The van der Waals surface area contributed by atoms with Crippen molar-refractivity contribution in [3.8, 4) is 6.07 Å². The largest absolute Gasteiger partial charge is 0.325 e. The second-order valence-electron chi connectivity index (χ2n) is 9.76. The topological polar surface area (TPSA) is 65.5 Å². The van der Waals surface area contributed by atoms with Crippen molar-refractivity contribution < 1.29 is 0 Å². The van der Waals surface area contributed by atoms with Crippen molar-refractivity contribution in [1.29, 1.82) is 5.26 Å². The first-order chi connectivity index (χ1) is 19.3.